The second-order valence-electron chi connectivity index (χ2n) is 6.55. The molecule has 9 nitrogen and oxygen atoms in total. The van der Waals surface area contributed by atoms with Crippen molar-refractivity contribution in [2.24, 2.45) is 0 Å². The topological polar surface area (TPSA) is 106 Å². The molecule has 0 spiro atoms. The molecule has 1 saturated heterocycles. The second kappa shape index (κ2) is 7.16. The summed E-state index contributed by atoms with van der Waals surface area (Å²) in [5, 5.41) is 9.41. The first kappa shape index (κ1) is 18.1. The van der Waals surface area contributed by atoms with Crippen LogP contribution in [0, 0.1) is 6.92 Å². The molecule has 5 rings (SSSR count). The maximum atomic E-state index is 11.8. The zero-order chi connectivity index (χ0) is 20.7. The van der Waals surface area contributed by atoms with Crippen LogP contribution in [0.1, 0.15) is 11.4 Å². The number of aromatic nitrogens is 5. The van der Waals surface area contributed by atoms with Crippen LogP contribution in [-0.4, -0.2) is 35.3 Å². The van der Waals surface area contributed by atoms with Crippen LogP contribution >= 0.6 is 11.8 Å². The van der Waals surface area contributed by atoms with Crippen molar-refractivity contribution in [3.05, 3.63) is 71.4 Å². The van der Waals surface area contributed by atoms with Gasteiger partial charge in [0.15, 0.2) is 5.65 Å². The number of imidazole rings is 1. The summed E-state index contributed by atoms with van der Waals surface area (Å²) in [6.45, 7) is 1.95. The Morgan fingerprint density at radius 1 is 1.20 bits per heavy atom. The lowest BCUT2D eigenvalue weighted by Gasteiger charge is -2.10. The number of amides is 2. The minimum absolute atomic E-state index is 0.318. The van der Waals surface area contributed by atoms with Crippen molar-refractivity contribution in [2.75, 3.05) is 5.32 Å². The van der Waals surface area contributed by atoms with Gasteiger partial charge in [0.05, 0.1) is 11.1 Å². The van der Waals surface area contributed by atoms with E-state index in [4.69, 9.17) is 0 Å². The van der Waals surface area contributed by atoms with Gasteiger partial charge in [-0.05, 0) is 49.0 Å². The Labute approximate surface area is 174 Å². The standard InChI is InChI=1S/C20H15N7O2S/c1-12-21-6-8-26(12)15-4-2-3-14(10-15)23-17-5-7-27-18(24-17)13(11-22-27)9-16-19(28)25-20(29)30-16/h2-11H,1H3,(H,23,24)(H,25,28,29)/b16-9-. The number of carbonyl (C=O) groups is 2. The molecular weight excluding hydrogens is 402 g/mol. The van der Waals surface area contributed by atoms with Gasteiger partial charge in [-0.1, -0.05) is 6.07 Å². The summed E-state index contributed by atoms with van der Waals surface area (Å²) >= 11 is 0.862. The van der Waals surface area contributed by atoms with E-state index in [0.29, 0.717) is 21.9 Å². The maximum Gasteiger partial charge on any atom is 0.290 e. The molecular formula is C20H15N7O2S. The molecule has 1 aromatic carbocycles. The molecule has 0 aliphatic carbocycles. The highest BCUT2D eigenvalue weighted by Crippen LogP contribution is 2.27. The minimum atomic E-state index is -0.412. The molecule has 4 aromatic rings. The molecule has 2 N–H and O–H groups in total. The van der Waals surface area contributed by atoms with E-state index in [0.717, 1.165) is 29.0 Å². The van der Waals surface area contributed by atoms with Gasteiger partial charge in [-0.3, -0.25) is 14.9 Å². The van der Waals surface area contributed by atoms with E-state index in [9.17, 15) is 9.59 Å². The number of fused-ring (bicyclic) bond motifs is 1. The van der Waals surface area contributed by atoms with E-state index < -0.39 is 5.91 Å². The van der Waals surface area contributed by atoms with E-state index in [1.54, 1.807) is 29.2 Å². The van der Waals surface area contributed by atoms with Crippen molar-refractivity contribution >= 4 is 46.1 Å². The van der Waals surface area contributed by atoms with Crippen molar-refractivity contribution in [1.82, 2.24) is 29.5 Å². The maximum absolute atomic E-state index is 11.8. The van der Waals surface area contributed by atoms with Crippen LogP contribution in [0.4, 0.5) is 16.3 Å². The summed E-state index contributed by atoms with van der Waals surface area (Å²) in [6.07, 6.45) is 8.68. The number of hydrogen-bond donors (Lipinski definition) is 2. The fourth-order valence-electron chi connectivity index (χ4n) is 3.15. The van der Waals surface area contributed by atoms with Gasteiger partial charge in [0.1, 0.15) is 11.6 Å². The molecule has 30 heavy (non-hydrogen) atoms. The van der Waals surface area contributed by atoms with Crippen molar-refractivity contribution in [3.8, 4) is 5.69 Å². The van der Waals surface area contributed by atoms with Gasteiger partial charge in [-0.2, -0.15) is 5.10 Å². The van der Waals surface area contributed by atoms with Crippen molar-refractivity contribution in [1.29, 1.82) is 0 Å². The van der Waals surface area contributed by atoms with Gasteiger partial charge in [0.2, 0.25) is 0 Å². The zero-order valence-corrected chi connectivity index (χ0v) is 16.6. The Morgan fingerprint density at radius 2 is 2.10 bits per heavy atom. The largest absolute Gasteiger partial charge is 0.340 e. The molecule has 4 heterocycles. The first-order valence-corrected chi connectivity index (χ1v) is 9.85. The average Bonchev–Trinajstić information content (AvgIpc) is 3.42. The lowest BCUT2D eigenvalue weighted by Crippen LogP contribution is -2.17. The fourth-order valence-corrected chi connectivity index (χ4v) is 3.83. The number of benzene rings is 1. The molecule has 0 saturated carbocycles. The smallest absolute Gasteiger partial charge is 0.290 e. The van der Waals surface area contributed by atoms with Crippen LogP contribution in [0.25, 0.3) is 17.4 Å². The fraction of sp³-hybridized carbons (Fsp3) is 0.0500. The average molecular weight is 417 g/mol. The number of aryl methyl sites for hydroxylation is 1. The first-order chi connectivity index (χ1) is 14.6. The molecule has 2 amide bonds. The summed E-state index contributed by atoms with van der Waals surface area (Å²) in [6, 6.07) is 9.73. The molecule has 1 fully saturated rings. The third kappa shape index (κ3) is 3.33. The second-order valence-corrected chi connectivity index (χ2v) is 7.57. The molecule has 0 radical (unpaired) electrons. The van der Waals surface area contributed by atoms with Crippen LogP contribution in [-0.2, 0) is 4.79 Å². The Kier molecular flexibility index (Phi) is 4.32. The highest BCUT2D eigenvalue weighted by molar-refractivity contribution is 8.18. The van der Waals surface area contributed by atoms with Crippen LogP contribution in [0.2, 0.25) is 0 Å². The van der Waals surface area contributed by atoms with Crippen LogP contribution < -0.4 is 10.6 Å². The van der Waals surface area contributed by atoms with E-state index >= 15 is 0 Å². The van der Waals surface area contributed by atoms with Gasteiger partial charge < -0.3 is 9.88 Å². The number of carbonyl (C=O) groups excluding carboxylic acids is 2. The summed E-state index contributed by atoms with van der Waals surface area (Å²) in [5.41, 5.74) is 3.07. The van der Waals surface area contributed by atoms with Crippen molar-refractivity contribution in [2.45, 2.75) is 6.92 Å². The van der Waals surface area contributed by atoms with Crippen molar-refractivity contribution in [3.63, 3.8) is 0 Å². The van der Waals surface area contributed by atoms with Gasteiger partial charge >= 0.3 is 0 Å². The highest BCUT2D eigenvalue weighted by Gasteiger charge is 2.25. The predicted molar refractivity (Wildman–Crippen MR) is 114 cm³/mol. The molecule has 0 unspecified atom stereocenters. The summed E-state index contributed by atoms with van der Waals surface area (Å²) < 4.78 is 3.61. The van der Waals surface area contributed by atoms with Crippen LogP contribution in [0.3, 0.4) is 0 Å². The van der Waals surface area contributed by atoms with E-state index in [1.807, 2.05) is 48.0 Å². The Balaban J connectivity index is 1.46. The van der Waals surface area contributed by atoms with Crippen LogP contribution in [0.15, 0.2) is 60.0 Å². The van der Waals surface area contributed by atoms with Crippen LogP contribution in [0.5, 0.6) is 0 Å². The highest BCUT2D eigenvalue weighted by atomic mass is 32.2. The molecule has 148 valence electrons. The number of imide groups is 1. The third-order valence-electron chi connectivity index (χ3n) is 4.55. The molecule has 1 aliphatic rings. The quantitative estimate of drug-likeness (QED) is 0.491. The summed E-state index contributed by atoms with van der Waals surface area (Å²) in [5.74, 6) is 1.11. The van der Waals surface area contributed by atoms with Gasteiger partial charge in [0.25, 0.3) is 11.1 Å². The van der Waals surface area contributed by atoms with E-state index in [2.05, 4.69) is 25.7 Å². The minimum Gasteiger partial charge on any atom is -0.340 e. The Hall–Kier alpha value is -3.92. The summed E-state index contributed by atoms with van der Waals surface area (Å²) in [4.78, 5) is 32.4. The van der Waals surface area contributed by atoms with Gasteiger partial charge in [-0.15, -0.1) is 0 Å². The lowest BCUT2D eigenvalue weighted by atomic mass is 10.2. The van der Waals surface area contributed by atoms with Crippen molar-refractivity contribution < 1.29 is 9.59 Å². The molecule has 0 bridgehead atoms. The molecule has 0 atom stereocenters. The van der Waals surface area contributed by atoms with Gasteiger partial charge in [-0.25, -0.2) is 14.5 Å². The lowest BCUT2D eigenvalue weighted by molar-refractivity contribution is -0.115. The van der Waals surface area contributed by atoms with E-state index in [-0.39, 0.29) is 5.24 Å². The number of thioether (sulfide) groups is 1. The molecule has 3 aromatic heterocycles. The third-order valence-corrected chi connectivity index (χ3v) is 5.36. The Bertz CT molecular complexity index is 1340. The SMILES string of the molecule is Cc1nccn1-c1cccc(Nc2ccn3ncc(/C=C4\SC(=O)NC4=O)c3n2)c1. The number of anilines is 2. The monoisotopic (exact) mass is 417 g/mol. The normalized spacial score (nSPS) is 15.2. The molecule has 1 aliphatic heterocycles. The predicted octanol–water partition coefficient (Wildman–Crippen LogP) is 3.29. The van der Waals surface area contributed by atoms with Gasteiger partial charge in [0, 0.05) is 35.5 Å². The Morgan fingerprint density at radius 3 is 2.87 bits per heavy atom. The number of rotatable bonds is 4. The number of hydrogen-bond acceptors (Lipinski definition) is 7. The first-order valence-electron chi connectivity index (χ1n) is 9.03. The number of nitrogens with zero attached hydrogens (tertiary/aromatic N) is 5. The molecule has 10 heteroatoms. The van der Waals surface area contributed by atoms with E-state index in [1.165, 1.54) is 0 Å². The zero-order valence-electron chi connectivity index (χ0n) is 15.7. The summed E-state index contributed by atoms with van der Waals surface area (Å²) in [7, 11) is 0. The number of nitrogens with one attached hydrogen (secondary N) is 2.